The van der Waals surface area contributed by atoms with Crippen LogP contribution in [-0.2, 0) is 16.9 Å². The van der Waals surface area contributed by atoms with Crippen molar-refractivity contribution in [2.45, 2.75) is 56.0 Å². The molecule has 0 amide bonds. The Morgan fingerprint density at radius 1 is 1.23 bits per heavy atom. The van der Waals surface area contributed by atoms with Crippen LogP contribution >= 0.6 is 11.8 Å². The first-order valence-electron chi connectivity index (χ1n) is 8.28. The molecule has 1 aliphatic heterocycles. The zero-order chi connectivity index (χ0) is 15.6. The van der Waals surface area contributed by atoms with Gasteiger partial charge in [0.25, 0.3) is 0 Å². The monoisotopic (exact) mass is 343 g/mol. The summed E-state index contributed by atoms with van der Waals surface area (Å²) in [5.74, 6) is 3.39. The first-order valence-corrected chi connectivity index (χ1v) is 11.1. The average molecular weight is 344 g/mol. The summed E-state index contributed by atoms with van der Waals surface area (Å²) < 4.78 is 25.2. The highest BCUT2D eigenvalue weighted by atomic mass is 32.2. The van der Waals surface area contributed by atoms with Crippen LogP contribution in [0.2, 0.25) is 0 Å². The predicted molar refractivity (Wildman–Crippen MR) is 88.9 cm³/mol. The molecular formula is C15H25N3O2S2. The molecule has 5 nitrogen and oxygen atoms in total. The maximum absolute atomic E-state index is 11.6. The first-order chi connectivity index (χ1) is 10.6. The standard InChI is InChI=1S/C15H25N3O2S2/c1-18-14(13-8-10-22(19,20)11-13)16-17-15(18)21-9-4-7-12-5-2-3-6-12/h12-13H,2-11H2,1H3/t13-/m0/s1. The van der Waals surface area contributed by atoms with Gasteiger partial charge in [0.15, 0.2) is 15.0 Å². The highest BCUT2D eigenvalue weighted by molar-refractivity contribution is 7.99. The Kier molecular flexibility index (Phi) is 5.12. The van der Waals surface area contributed by atoms with Gasteiger partial charge >= 0.3 is 0 Å². The molecule has 0 unspecified atom stereocenters. The van der Waals surface area contributed by atoms with Gasteiger partial charge in [0.1, 0.15) is 5.82 Å². The van der Waals surface area contributed by atoms with E-state index in [2.05, 4.69) is 10.2 Å². The summed E-state index contributed by atoms with van der Waals surface area (Å²) in [6.45, 7) is 0. The Labute approximate surface area is 137 Å². The van der Waals surface area contributed by atoms with Gasteiger partial charge < -0.3 is 4.57 Å². The van der Waals surface area contributed by atoms with Crippen molar-refractivity contribution in [1.29, 1.82) is 0 Å². The molecule has 3 rings (SSSR count). The highest BCUT2D eigenvalue weighted by Crippen LogP contribution is 2.31. The highest BCUT2D eigenvalue weighted by Gasteiger charge is 2.32. The fraction of sp³-hybridized carbons (Fsp3) is 0.867. The molecule has 1 saturated heterocycles. The van der Waals surface area contributed by atoms with Gasteiger partial charge in [-0.2, -0.15) is 0 Å². The maximum Gasteiger partial charge on any atom is 0.190 e. The summed E-state index contributed by atoms with van der Waals surface area (Å²) in [6, 6.07) is 0. The molecule has 2 heterocycles. The van der Waals surface area contributed by atoms with E-state index in [-0.39, 0.29) is 17.4 Å². The minimum atomic E-state index is -2.87. The third-order valence-electron chi connectivity index (χ3n) is 4.93. The molecule has 0 spiro atoms. The predicted octanol–water partition coefficient (Wildman–Crippen LogP) is 2.78. The van der Waals surface area contributed by atoms with Crippen molar-refractivity contribution in [3.63, 3.8) is 0 Å². The van der Waals surface area contributed by atoms with E-state index in [1.165, 1.54) is 38.5 Å². The Balaban J connectivity index is 1.50. The number of thioether (sulfide) groups is 1. The van der Waals surface area contributed by atoms with Crippen LogP contribution in [0.4, 0.5) is 0 Å². The van der Waals surface area contributed by atoms with Gasteiger partial charge in [-0.1, -0.05) is 37.4 Å². The van der Waals surface area contributed by atoms with Gasteiger partial charge in [-0.05, 0) is 25.2 Å². The lowest BCUT2D eigenvalue weighted by atomic mass is 10.0. The lowest BCUT2D eigenvalue weighted by molar-refractivity contribution is 0.498. The molecule has 1 saturated carbocycles. The first kappa shape index (κ1) is 16.3. The van der Waals surface area contributed by atoms with Crippen molar-refractivity contribution in [1.82, 2.24) is 14.8 Å². The number of nitrogens with zero attached hydrogens (tertiary/aromatic N) is 3. The van der Waals surface area contributed by atoms with Gasteiger partial charge in [-0.25, -0.2) is 8.42 Å². The molecule has 0 N–H and O–H groups in total. The number of hydrogen-bond acceptors (Lipinski definition) is 5. The molecule has 0 radical (unpaired) electrons. The van der Waals surface area contributed by atoms with Crippen molar-refractivity contribution in [2.24, 2.45) is 13.0 Å². The van der Waals surface area contributed by atoms with Gasteiger partial charge in [0.2, 0.25) is 0 Å². The molecule has 124 valence electrons. The second-order valence-corrected chi connectivity index (χ2v) is 9.93. The summed E-state index contributed by atoms with van der Waals surface area (Å²) in [4.78, 5) is 0. The van der Waals surface area contributed by atoms with Gasteiger partial charge in [0, 0.05) is 18.7 Å². The second kappa shape index (κ2) is 6.91. The van der Waals surface area contributed by atoms with Crippen LogP contribution in [0.15, 0.2) is 5.16 Å². The van der Waals surface area contributed by atoms with Crippen LogP contribution < -0.4 is 0 Å². The van der Waals surface area contributed by atoms with Crippen LogP contribution in [0.5, 0.6) is 0 Å². The van der Waals surface area contributed by atoms with E-state index in [1.54, 1.807) is 11.8 Å². The topological polar surface area (TPSA) is 64.8 Å². The fourth-order valence-corrected chi connectivity index (χ4v) is 6.26. The van der Waals surface area contributed by atoms with Gasteiger partial charge in [-0.3, -0.25) is 0 Å². The van der Waals surface area contributed by atoms with E-state index < -0.39 is 9.84 Å². The molecule has 1 aromatic heterocycles. The van der Waals surface area contributed by atoms with E-state index in [9.17, 15) is 8.42 Å². The molecule has 1 aliphatic carbocycles. The zero-order valence-electron chi connectivity index (χ0n) is 13.2. The average Bonchev–Trinajstić information content (AvgIpc) is 3.17. The third kappa shape index (κ3) is 3.85. The van der Waals surface area contributed by atoms with Crippen LogP contribution in [0, 0.1) is 5.92 Å². The number of rotatable bonds is 6. The van der Waals surface area contributed by atoms with E-state index >= 15 is 0 Å². The minimum absolute atomic E-state index is 0.0235. The summed E-state index contributed by atoms with van der Waals surface area (Å²) in [5.41, 5.74) is 0. The quantitative estimate of drug-likeness (QED) is 0.587. The van der Waals surface area contributed by atoms with Crippen molar-refractivity contribution < 1.29 is 8.42 Å². The molecule has 22 heavy (non-hydrogen) atoms. The normalized spacial score (nSPS) is 25.0. The lowest BCUT2D eigenvalue weighted by Gasteiger charge is -2.09. The summed E-state index contributed by atoms with van der Waals surface area (Å²) in [6.07, 6.45) is 8.89. The third-order valence-corrected chi connectivity index (χ3v) is 7.80. The number of sulfone groups is 1. The van der Waals surface area contributed by atoms with E-state index in [0.717, 1.165) is 22.7 Å². The van der Waals surface area contributed by atoms with Crippen LogP contribution in [0.1, 0.15) is 56.7 Å². The molecule has 1 atom stereocenters. The molecule has 2 aliphatic rings. The molecule has 2 fully saturated rings. The van der Waals surface area contributed by atoms with E-state index in [1.807, 2.05) is 11.6 Å². The van der Waals surface area contributed by atoms with Crippen molar-refractivity contribution >= 4 is 21.6 Å². The van der Waals surface area contributed by atoms with Crippen LogP contribution in [-0.4, -0.2) is 40.4 Å². The molecular weight excluding hydrogens is 318 g/mol. The number of aromatic nitrogens is 3. The second-order valence-electron chi connectivity index (χ2n) is 6.64. The molecule has 0 aromatic carbocycles. The minimum Gasteiger partial charge on any atom is -0.309 e. The maximum atomic E-state index is 11.6. The zero-order valence-corrected chi connectivity index (χ0v) is 14.8. The van der Waals surface area contributed by atoms with Crippen molar-refractivity contribution in [3.8, 4) is 0 Å². The summed E-state index contributed by atoms with van der Waals surface area (Å²) in [7, 11) is -0.912. The van der Waals surface area contributed by atoms with Crippen molar-refractivity contribution in [3.05, 3.63) is 5.82 Å². The smallest absolute Gasteiger partial charge is 0.190 e. The Hall–Kier alpha value is -0.560. The largest absolute Gasteiger partial charge is 0.309 e. The summed E-state index contributed by atoms with van der Waals surface area (Å²) in [5, 5.41) is 9.43. The van der Waals surface area contributed by atoms with Gasteiger partial charge in [0.05, 0.1) is 11.5 Å². The Morgan fingerprint density at radius 3 is 2.68 bits per heavy atom. The van der Waals surface area contributed by atoms with E-state index in [4.69, 9.17) is 0 Å². The Morgan fingerprint density at radius 2 is 2.00 bits per heavy atom. The summed E-state index contributed by atoms with van der Waals surface area (Å²) >= 11 is 1.75. The van der Waals surface area contributed by atoms with Crippen LogP contribution in [0.25, 0.3) is 0 Å². The van der Waals surface area contributed by atoms with Crippen molar-refractivity contribution in [2.75, 3.05) is 17.3 Å². The van der Waals surface area contributed by atoms with Crippen LogP contribution in [0.3, 0.4) is 0 Å². The molecule has 0 bridgehead atoms. The SMILES string of the molecule is Cn1c(SCCCC2CCCC2)nnc1[C@H]1CCS(=O)(=O)C1. The lowest BCUT2D eigenvalue weighted by Crippen LogP contribution is -2.09. The van der Waals surface area contributed by atoms with Gasteiger partial charge in [-0.15, -0.1) is 10.2 Å². The molecule has 7 heteroatoms. The Bertz CT molecular complexity index is 606. The van der Waals surface area contributed by atoms with E-state index in [0.29, 0.717) is 6.42 Å². The fourth-order valence-electron chi connectivity index (χ4n) is 3.64. The molecule has 1 aromatic rings. The number of hydrogen-bond donors (Lipinski definition) is 0.